The lowest BCUT2D eigenvalue weighted by molar-refractivity contribution is 0.216. The number of benzene rings is 3. The number of nitrogens with zero attached hydrogens (tertiary/aromatic N) is 1. The molecule has 1 heterocycles. The third-order valence-corrected chi connectivity index (χ3v) is 4.67. The molecule has 0 atom stereocenters. The first-order valence-corrected chi connectivity index (χ1v) is 10.0. The Bertz CT molecular complexity index is 1050. The fourth-order valence-corrected chi connectivity index (χ4v) is 3.20. The smallest absolute Gasteiger partial charge is 0.127 e. The summed E-state index contributed by atoms with van der Waals surface area (Å²) in [6.45, 7) is 1.57. The van der Waals surface area contributed by atoms with Crippen molar-refractivity contribution in [2.45, 2.75) is 6.54 Å². The average molecular weight is 396 g/mol. The highest BCUT2D eigenvalue weighted by Gasteiger charge is 2.07. The third kappa shape index (κ3) is 5.17. The van der Waals surface area contributed by atoms with Crippen LogP contribution in [0.3, 0.4) is 0 Å². The van der Waals surface area contributed by atoms with Gasteiger partial charge in [-0.15, -0.1) is 0 Å². The van der Waals surface area contributed by atoms with Gasteiger partial charge in [-0.3, -0.25) is 0 Å². The number of rotatable bonds is 9. The van der Waals surface area contributed by atoms with Crippen LogP contribution in [0.2, 0.25) is 0 Å². The second-order valence-corrected chi connectivity index (χ2v) is 6.74. The minimum Gasteiger partial charge on any atom is -0.490 e. The molecule has 0 aliphatic heterocycles. The van der Waals surface area contributed by atoms with Gasteiger partial charge in [0.25, 0.3) is 0 Å². The Morgan fingerprint density at radius 1 is 0.633 bits per heavy atom. The largest absolute Gasteiger partial charge is 0.490 e. The summed E-state index contributed by atoms with van der Waals surface area (Å²) in [5.41, 5.74) is 3.30. The Kier molecular flexibility index (Phi) is 6.59. The number of hydrogen-bond acceptors (Lipinski definition) is 4. The molecule has 0 bridgehead atoms. The second kappa shape index (κ2) is 10.1. The number of pyridine rings is 1. The standard InChI is InChI=1S/C26H24N2O2/c1-2-10-21(11-3-1)23-13-5-7-15-25(23)30-19-18-29-24-14-6-4-12-22(24)20-28-26-16-8-9-17-27-26/h1-17H,18-20H2,(H,27,28). The van der Waals surface area contributed by atoms with E-state index in [0.29, 0.717) is 19.8 Å². The molecule has 0 aliphatic carbocycles. The topological polar surface area (TPSA) is 43.4 Å². The van der Waals surface area contributed by atoms with Crippen LogP contribution in [-0.2, 0) is 6.54 Å². The number of anilines is 1. The Balaban J connectivity index is 1.34. The van der Waals surface area contributed by atoms with Crippen LogP contribution in [0, 0.1) is 0 Å². The lowest BCUT2D eigenvalue weighted by Gasteiger charge is -2.14. The van der Waals surface area contributed by atoms with Gasteiger partial charge in [0.15, 0.2) is 0 Å². The molecule has 0 unspecified atom stereocenters. The zero-order valence-corrected chi connectivity index (χ0v) is 16.7. The molecule has 0 saturated heterocycles. The zero-order valence-electron chi connectivity index (χ0n) is 16.7. The Morgan fingerprint density at radius 3 is 2.10 bits per heavy atom. The average Bonchev–Trinajstić information content (AvgIpc) is 2.82. The molecule has 4 heteroatoms. The summed E-state index contributed by atoms with van der Waals surface area (Å²) in [6.07, 6.45) is 1.77. The van der Waals surface area contributed by atoms with E-state index >= 15 is 0 Å². The van der Waals surface area contributed by atoms with E-state index in [1.807, 2.05) is 72.8 Å². The van der Waals surface area contributed by atoms with Crippen molar-refractivity contribution in [2.24, 2.45) is 0 Å². The van der Waals surface area contributed by atoms with Gasteiger partial charge in [-0.2, -0.15) is 0 Å². The van der Waals surface area contributed by atoms with Gasteiger partial charge in [-0.1, -0.05) is 72.8 Å². The lowest BCUT2D eigenvalue weighted by Crippen LogP contribution is -2.11. The van der Waals surface area contributed by atoms with Crippen molar-refractivity contribution in [1.29, 1.82) is 0 Å². The van der Waals surface area contributed by atoms with Crippen LogP contribution in [0.5, 0.6) is 11.5 Å². The lowest BCUT2D eigenvalue weighted by atomic mass is 10.1. The molecule has 3 aromatic carbocycles. The highest BCUT2D eigenvalue weighted by Crippen LogP contribution is 2.29. The number of hydrogen-bond donors (Lipinski definition) is 1. The Labute approximate surface area is 177 Å². The number of nitrogens with one attached hydrogen (secondary N) is 1. The van der Waals surface area contributed by atoms with Crippen LogP contribution in [0.25, 0.3) is 11.1 Å². The van der Waals surface area contributed by atoms with Gasteiger partial charge in [0.1, 0.15) is 30.5 Å². The molecule has 1 aromatic heterocycles. The van der Waals surface area contributed by atoms with Gasteiger partial charge in [-0.05, 0) is 29.8 Å². The van der Waals surface area contributed by atoms with Crippen molar-refractivity contribution in [2.75, 3.05) is 18.5 Å². The van der Waals surface area contributed by atoms with Gasteiger partial charge >= 0.3 is 0 Å². The minimum atomic E-state index is 0.462. The molecule has 1 N–H and O–H groups in total. The van der Waals surface area contributed by atoms with Crippen molar-refractivity contribution in [3.63, 3.8) is 0 Å². The van der Waals surface area contributed by atoms with Gasteiger partial charge in [0.2, 0.25) is 0 Å². The van der Waals surface area contributed by atoms with E-state index in [2.05, 4.69) is 34.6 Å². The molecule has 0 radical (unpaired) electrons. The van der Waals surface area contributed by atoms with Crippen molar-refractivity contribution in [3.05, 3.63) is 109 Å². The van der Waals surface area contributed by atoms with Crippen LogP contribution in [0.15, 0.2) is 103 Å². The summed E-state index contributed by atoms with van der Waals surface area (Å²) in [7, 11) is 0. The van der Waals surface area contributed by atoms with Crippen molar-refractivity contribution < 1.29 is 9.47 Å². The number of para-hydroxylation sites is 2. The van der Waals surface area contributed by atoms with E-state index in [-0.39, 0.29) is 0 Å². The SMILES string of the molecule is c1ccc(-c2ccccc2OCCOc2ccccc2CNc2ccccn2)cc1. The second-order valence-electron chi connectivity index (χ2n) is 6.74. The molecule has 150 valence electrons. The summed E-state index contributed by atoms with van der Waals surface area (Å²) < 4.78 is 12.0. The van der Waals surface area contributed by atoms with Gasteiger partial charge in [0, 0.05) is 23.9 Å². The van der Waals surface area contributed by atoms with E-state index in [1.165, 1.54) is 0 Å². The maximum Gasteiger partial charge on any atom is 0.127 e. The fraction of sp³-hybridized carbons (Fsp3) is 0.115. The van der Waals surface area contributed by atoms with E-state index in [4.69, 9.17) is 9.47 Å². The van der Waals surface area contributed by atoms with Gasteiger partial charge in [0.05, 0.1) is 0 Å². The predicted octanol–water partition coefficient (Wildman–Crippen LogP) is 5.82. The van der Waals surface area contributed by atoms with Crippen LogP contribution in [0.1, 0.15) is 5.56 Å². The first-order chi connectivity index (χ1) is 14.9. The van der Waals surface area contributed by atoms with Crippen molar-refractivity contribution in [3.8, 4) is 22.6 Å². The molecule has 4 nitrogen and oxygen atoms in total. The molecular formula is C26H24N2O2. The Morgan fingerprint density at radius 2 is 1.30 bits per heavy atom. The predicted molar refractivity (Wildman–Crippen MR) is 121 cm³/mol. The quantitative estimate of drug-likeness (QED) is 0.362. The van der Waals surface area contributed by atoms with Gasteiger partial charge in [-0.25, -0.2) is 4.98 Å². The van der Waals surface area contributed by atoms with Crippen LogP contribution in [-0.4, -0.2) is 18.2 Å². The molecule has 0 fully saturated rings. The van der Waals surface area contributed by atoms with E-state index in [0.717, 1.165) is 34.0 Å². The van der Waals surface area contributed by atoms with Crippen LogP contribution in [0.4, 0.5) is 5.82 Å². The summed E-state index contributed by atoms with van der Waals surface area (Å²) >= 11 is 0. The Hall–Kier alpha value is -3.79. The van der Waals surface area contributed by atoms with Crippen LogP contribution < -0.4 is 14.8 Å². The van der Waals surface area contributed by atoms with E-state index in [9.17, 15) is 0 Å². The maximum absolute atomic E-state index is 6.03. The molecule has 0 aliphatic rings. The van der Waals surface area contributed by atoms with E-state index < -0.39 is 0 Å². The molecule has 0 spiro atoms. The maximum atomic E-state index is 6.03. The number of ether oxygens (including phenoxy) is 2. The summed E-state index contributed by atoms with van der Waals surface area (Å²) in [5, 5.41) is 3.32. The zero-order chi connectivity index (χ0) is 20.4. The van der Waals surface area contributed by atoms with Crippen LogP contribution >= 0.6 is 0 Å². The van der Waals surface area contributed by atoms with Gasteiger partial charge < -0.3 is 14.8 Å². The molecule has 4 aromatic rings. The van der Waals surface area contributed by atoms with E-state index in [1.54, 1.807) is 6.20 Å². The summed E-state index contributed by atoms with van der Waals surface area (Å²) in [5.74, 6) is 2.55. The summed E-state index contributed by atoms with van der Waals surface area (Å²) in [4.78, 5) is 4.29. The molecule has 4 rings (SSSR count). The molecule has 30 heavy (non-hydrogen) atoms. The fourth-order valence-electron chi connectivity index (χ4n) is 3.20. The first kappa shape index (κ1) is 19.5. The van der Waals surface area contributed by atoms with Crippen molar-refractivity contribution in [1.82, 2.24) is 4.98 Å². The first-order valence-electron chi connectivity index (χ1n) is 10.0. The highest BCUT2D eigenvalue weighted by atomic mass is 16.5. The monoisotopic (exact) mass is 396 g/mol. The molecule has 0 saturated carbocycles. The normalized spacial score (nSPS) is 10.4. The van der Waals surface area contributed by atoms with Crippen molar-refractivity contribution >= 4 is 5.82 Å². The highest BCUT2D eigenvalue weighted by molar-refractivity contribution is 5.70. The number of aromatic nitrogens is 1. The third-order valence-electron chi connectivity index (χ3n) is 4.67. The molecule has 0 amide bonds. The summed E-state index contributed by atoms with van der Waals surface area (Å²) in [6, 6.07) is 32.2. The minimum absolute atomic E-state index is 0.462. The molecular weight excluding hydrogens is 372 g/mol.